The highest BCUT2D eigenvalue weighted by Crippen LogP contribution is 2.18. The van der Waals surface area contributed by atoms with Gasteiger partial charge in [0.15, 0.2) is 11.2 Å². The molecular formula is C20H15F4N4O3S+. The van der Waals surface area contributed by atoms with Crippen LogP contribution < -0.4 is 10.1 Å². The van der Waals surface area contributed by atoms with E-state index >= 15 is 0 Å². The number of hydrogen-bond donors (Lipinski definition) is 3. The highest BCUT2D eigenvalue weighted by Gasteiger charge is 2.38. The largest absolute Gasteiger partial charge is 0.490 e. The number of benzene rings is 2. The molecule has 0 saturated carbocycles. The van der Waals surface area contributed by atoms with Gasteiger partial charge in [-0.2, -0.15) is 18.6 Å². The Morgan fingerprint density at radius 1 is 1.12 bits per heavy atom. The Bertz CT molecular complexity index is 1220. The molecule has 4 rings (SSSR count). The molecule has 0 bridgehead atoms. The monoisotopic (exact) mass is 467 g/mol. The molecule has 0 radical (unpaired) electrons. The zero-order valence-electron chi connectivity index (χ0n) is 16.1. The van der Waals surface area contributed by atoms with Crippen molar-refractivity contribution < 1.29 is 36.9 Å². The first kappa shape index (κ1) is 22.9. The molecule has 2 heterocycles. The van der Waals surface area contributed by atoms with Gasteiger partial charge in [-0.05, 0) is 29.8 Å². The van der Waals surface area contributed by atoms with Crippen molar-refractivity contribution in [2.45, 2.75) is 12.6 Å². The summed E-state index contributed by atoms with van der Waals surface area (Å²) in [5.41, 5.74) is 7.88. The molecule has 0 unspecified atom stereocenters. The van der Waals surface area contributed by atoms with E-state index in [1.54, 1.807) is 22.3 Å². The fourth-order valence-corrected chi connectivity index (χ4v) is 3.19. The zero-order chi connectivity index (χ0) is 23.3. The number of rotatable bonds is 4. The van der Waals surface area contributed by atoms with Gasteiger partial charge in [0, 0.05) is 5.38 Å². The lowest BCUT2D eigenvalue weighted by molar-refractivity contribution is -0.603. The average molecular weight is 467 g/mol. The van der Waals surface area contributed by atoms with E-state index in [9.17, 15) is 22.4 Å². The molecule has 1 amide bonds. The summed E-state index contributed by atoms with van der Waals surface area (Å²) >= 11 is 1.48. The number of hydrogen-bond acceptors (Lipinski definition) is 4. The first-order valence-corrected chi connectivity index (χ1v) is 9.85. The normalized spacial score (nSPS) is 11.0. The second kappa shape index (κ2) is 9.56. The van der Waals surface area contributed by atoms with Crippen molar-refractivity contribution in [3.05, 3.63) is 70.8 Å². The number of aromatic amines is 1. The summed E-state index contributed by atoms with van der Waals surface area (Å²) in [4.78, 5) is 29.0. The smallest absolute Gasteiger partial charge is 0.475 e. The number of carboxylic acid groups (broad SMARTS) is 1. The van der Waals surface area contributed by atoms with Gasteiger partial charge in [-0.1, -0.05) is 24.3 Å². The van der Waals surface area contributed by atoms with Gasteiger partial charge < -0.3 is 5.11 Å². The third kappa shape index (κ3) is 5.66. The first-order valence-electron chi connectivity index (χ1n) is 8.91. The van der Waals surface area contributed by atoms with Crippen LogP contribution in [-0.2, 0) is 16.0 Å². The van der Waals surface area contributed by atoms with E-state index in [1.807, 2.05) is 29.6 Å². The van der Waals surface area contributed by atoms with Crippen molar-refractivity contribution >= 4 is 34.2 Å². The number of nitrogens with zero attached hydrogens (tertiary/aromatic N) is 2. The lowest BCUT2D eigenvalue weighted by Gasteiger charge is -2.04. The molecule has 12 heteroatoms. The average Bonchev–Trinajstić information content (AvgIpc) is 3.38. The molecule has 0 atom stereocenters. The molecule has 2 aromatic carbocycles. The van der Waals surface area contributed by atoms with Crippen molar-refractivity contribution in [1.82, 2.24) is 9.97 Å². The minimum atomic E-state index is -5.08. The van der Waals surface area contributed by atoms with Crippen molar-refractivity contribution in [2.75, 3.05) is 5.43 Å². The Balaban J connectivity index is 0.000000360. The number of carbonyl (C=O) groups excluding carboxylic acids is 1. The third-order valence-electron chi connectivity index (χ3n) is 4.05. The highest BCUT2D eigenvalue weighted by atomic mass is 32.1. The number of aliphatic carboxylic acids is 1. The van der Waals surface area contributed by atoms with Gasteiger partial charge in [0.05, 0.1) is 11.9 Å². The molecule has 4 aromatic rings. The molecule has 0 saturated heterocycles. The summed E-state index contributed by atoms with van der Waals surface area (Å²) < 4.78 is 46.4. The molecule has 2 aromatic heterocycles. The fraction of sp³-hybridized carbons (Fsp3) is 0.100. The van der Waals surface area contributed by atoms with E-state index in [1.165, 1.54) is 23.5 Å². The lowest BCUT2D eigenvalue weighted by Crippen LogP contribution is -2.49. The van der Waals surface area contributed by atoms with Gasteiger partial charge >= 0.3 is 18.0 Å². The predicted molar refractivity (Wildman–Crippen MR) is 108 cm³/mol. The second-order valence-corrected chi connectivity index (χ2v) is 7.06. The summed E-state index contributed by atoms with van der Waals surface area (Å²) in [6, 6.07) is 13.6. The van der Waals surface area contributed by atoms with Gasteiger partial charge in [-0.15, -0.1) is 16.0 Å². The Morgan fingerprint density at radius 2 is 1.78 bits per heavy atom. The molecular weight excluding hydrogens is 452 g/mol. The molecule has 0 spiro atoms. The Hall–Kier alpha value is -3.80. The topological polar surface area (TPSA) is 99.0 Å². The van der Waals surface area contributed by atoms with Crippen molar-refractivity contribution in [3.63, 3.8) is 0 Å². The summed E-state index contributed by atoms with van der Waals surface area (Å²) in [5, 5.41) is 9.04. The molecule has 0 aliphatic carbocycles. The minimum Gasteiger partial charge on any atom is -0.475 e. The lowest BCUT2D eigenvalue weighted by atomic mass is 10.1. The number of H-pyrrole nitrogens is 1. The van der Waals surface area contributed by atoms with Crippen molar-refractivity contribution in [3.8, 4) is 11.5 Å². The van der Waals surface area contributed by atoms with E-state index in [2.05, 4.69) is 15.4 Å². The molecule has 7 nitrogen and oxygen atoms in total. The molecule has 0 aliphatic heterocycles. The van der Waals surface area contributed by atoms with E-state index in [0.29, 0.717) is 5.82 Å². The van der Waals surface area contributed by atoms with Crippen LogP contribution in [0.3, 0.4) is 0 Å². The number of nitrogens with one attached hydrogen (secondary N) is 2. The standard InChI is InChI=1S/C18H13FN4OS.C2HF3O2/c19-13-7-5-12(6-8-13)9-17(24)22-23-16-4-2-1-3-14(16)21-18(23)15-10-25-11-20-15;3-2(4,5)1(6)7/h1-8,10-11H,9H2,(H,22,24);(H,6,7)/p+1. The van der Waals surface area contributed by atoms with Gasteiger partial charge in [0.1, 0.15) is 5.82 Å². The van der Waals surface area contributed by atoms with Crippen molar-refractivity contribution in [2.24, 2.45) is 0 Å². The maximum absolute atomic E-state index is 13.0. The number of thiazole rings is 1. The number of alkyl halides is 3. The zero-order valence-corrected chi connectivity index (χ0v) is 16.9. The quantitative estimate of drug-likeness (QED) is 0.315. The van der Waals surface area contributed by atoms with Gasteiger partial charge in [-0.25, -0.2) is 19.2 Å². The number of para-hydroxylation sites is 2. The van der Waals surface area contributed by atoms with Crippen LogP contribution in [0.1, 0.15) is 5.56 Å². The summed E-state index contributed by atoms with van der Waals surface area (Å²) in [7, 11) is 0. The van der Waals surface area contributed by atoms with Crippen LogP contribution >= 0.6 is 11.3 Å². The first-order chi connectivity index (χ1) is 15.1. The van der Waals surface area contributed by atoms with E-state index in [-0.39, 0.29) is 18.1 Å². The number of imidazole rings is 1. The van der Waals surface area contributed by atoms with Crippen LogP contribution in [0.4, 0.5) is 17.6 Å². The number of aromatic nitrogens is 3. The van der Waals surface area contributed by atoms with Crippen LogP contribution in [0, 0.1) is 5.82 Å². The third-order valence-corrected chi connectivity index (χ3v) is 4.64. The van der Waals surface area contributed by atoms with Crippen LogP contribution in [-0.4, -0.2) is 33.1 Å². The number of fused-ring (bicyclic) bond motifs is 1. The minimum absolute atomic E-state index is 0.156. The number of amides is 1. The highest BCUT2D eigenvalue weighted by molar-refractivity contribution is 7.07. The summed E-state index contributed by atoms with van der Waals surface area (Å²) in [6.45, 7) is 0. The SMILES string of the molecule is O=C(Cc1ccc(F)cc1)N[n+]1c(-c2cscn2)[nH]c2ccccc21.O=C(O)C(F)(F)F. The number of carboxylic acids is 1. The van der Waals surface area contributed by atoms with Gasteiger partial charge in [-0.3, -0.25) is 4.79 Å². The Kier molecular flexibility index (Phi) is 6.83. The maximum atomic E-state index is 13.0. The fourth-order valence-electron chi connectivity index (χ4n) is 2.65. The maximum Gasteiger partial charge on any atom is 0.490 e. The van der Waals surface area contributed by atoms with Crippen molar-refractivity contribution in [1.29, 1.82) is 0 Å². The van der Waals surface area contributed by atoms with E-state index in [0.717, 1.165) is 22.3 Å². The number of halogens is 4. The van der Waals surface area contributed by atoms with Crippen LogP contribution in [0.15, 0.2) is 59.4 Å². The van der Waals surface area contributed by atoms with Gasteiger partial charge in [0.25, 0.3) is 5.91 Å². The van der Waals surface area contributed by atoms with Gasteiger partial charge in [0.2, 0.25) is 5.52 Å². The number of carbonyl (C=O) groups is 2. The molecule has 3 N–H and O–H groups in total. The van der Waals surface area contributed by atoms with Crippen LogP contribution in [0.2, 0.25) is 0 Å². The molecule has 0 fully saturated rings. The summed E-state index contributed by atoms with van der Waals surface area (Å²) in [6.07, 6.45) is -4.93. The summed E-state index contributed by atoms with van der Waals surface area (Å²) in [5.74, 6) is -2.57. The van der Waals surface area contributed by atoms with E-state index < -0.39 is 12.1 Å². The van der Waals surface area contributed by atoms with E-state index in [4.69, 9.17) is 9.90 Å². The van der Waals surface area contributed by atoms with Crippen LogP contribution in [0.5, 0.6) is 0 Å². The predicted octanol–water partition coefficient (Wildman–Crippen LogP) is 3.66. The Morgan fingerprint density at radius 3 is 2.38 bits per heavy atom. The van der Waals surface area contributed by atoms with Crippen LogP contribution in [0.25, 0.3) is 22.6 Å². The Labute approximate surface area is 181 Å². The second-order valence-electron chi connectivity index (χ2n) is 6.34. The molecule has 0 aliphatic rings. The molecule has 166 valence electrons. The molecule has 32 heavy (non-hydrogen) atoms.